The van der Waals surface area contributed by atoms with Gasteiger partial charge in [0.05, 0.1) is 18.3 Å². The van der Waals surface area contributed by atoms with Crippen molar-refractivity contribution in [1.29, 1.82) is 0 Å². The number of imidazole rings is 1. The molecule has 43 heavy (non-hydrogen) atoms. The topological polar surface area (TPSA) is 112 Å². The van der Waals surface area contributed by atoms with Gasteiger partial charge in [0.1, 0.15) is 40.9 Å². The minimum Gasteiger partial charge on any atom is -0.488 e. The van der Waals surface area contributed by atoms with Gasteiger partial charge < -0.3 is 15.0 Å². The molecule has 1 fully saturated rings. The van der Waals surface area contributed by atoms with Gasteiger partial charge in [-0.2, -0.15) is 0 Å². The molecule has 11 nitrogen and oxygen atoms in total. The van der Waals surface area contributed by atoms with Crippen molar-refractivity contribution >= 4 is 17.2 Å². The van der Waals surface area contributed by atoms with Crippen LogP contribution in [0.25, 0.3) is 28.3 Å². The van der Waals surface area contributed by atoms with Crippen LogP contribution in [0.3, 0.4) is 0 Å². The first kappa shape index (κ1) is 26.8. The molecule has 5 aromatic rings. The van der Waals surface area contributed by atoms with Gasteiger partial charge in [-0.3, -0.25) is 13.8 Å². The van der Waals surface area contributed by atoms with Crippen molar-refractivity contribution in [3.8, 4) is 28.5 Å². The van der Waals surface area contributed by atoms with Crippen LogP contribution in [0.2, 0.25) is 0 Å². The van der Waals surface area contributed by atoms with Gasteiger partial charge in [-0.15, -0.1) is 5.10 Å². The molecule has 1 N–H and O–H groups in total. The van der Waals surface area contributed by atoms with Gasteiger partial charge in [-0.05, 0) is 37.1 Å². The highest BCUT2D eigenvalue weighted by atomic mass is 19.1. The first-order valence-electron chi connectivity index (χ1n) is 14.1. The van der Waals surface area contributed by atoms with Gasteiger partial charge >= 0.3 is 5.69 Å². The zero-order valence-corrected chi connectivity index (χ0v) is 23.3. The molecule has 0 radical (unpaired) electrons. The third-order valence-electron chi connectivity index (χ3n) is 7.96. The molecule has 4 bridgehead atoms. The highest BCUT2D eigenvalue weighted by Gasteiger charge is 2.40. The lowest BCUT2D eigenvalue weighted by molar-refractivity contribution is -0.122. The number of benzene rings is 2. The lowest BCUT2D eigenvalue weighted by atomic mass is 10.1. The van der Waals surface area contributed by atoms with E-state index in [1.165, 1.54) is 16.8 Å². The summed E-state index contributed by atoms with van der Waals surface area (Å²) in [6, 6.07) is 10.2. The molecule has 0 aliphatic carbocycles. The van der Waals surface area contributed by atoms with Crippen molar-refractivity contribution < 1.29 is 18.3 Å². The Hall–Kier alpha value is -5.07. The smallest absolute Gasteiger partial charge is 0.345 e. The Bertz CT molecular complexity index is 1920. The summed E-state index contributed by atoms with van der Waals surface area (Å²) >= 11 is 0. The van der Waals surface area contributed by atoms with Crippen LogP contribution < -0.4 is 20.6 Å². The highest BCUT2D eigenvalue weighted by molar-refractivity contribution is 5.88. The fourth-order valence-corrected chi connectivity index (χ4v) is 5.92. The first-order chi connectivity index (χ1) is 20.9. The van der Waals surface area contributed by atoms with E-state index in [2.05, 4.69) is 20.4 Å². The van der Waals surface area contributed by atoms with Gasteiger partial charge in [0, 0.05) is 50.6 Å². The van der Waals surface area contributed by atoms with Gasteiger partial charge in [0.2, 0.25) is 5.91 Å². The Kier molecular flexibility index (Phi) is 6.63. The van der Waals surface area contributed by atoms with Crippen molar-refractivity contribution in [2.45, 2.75) is 38.0 Å². The molecule has 3 aromatic heterocycles. The van der Waals surface area contributed by atoms with E-state index in [0.717, 1.165) is 11.6 Å². The molecule has 2 atom stereocenters. The molecule has 13 heteroatoms. The molecule has 1 saturated heterocycles. The van der Waals surface area contributed by atoms with E-state index in [1.54, 1.807) is 34.6 Å². The molecule has 1 amide bonds. The second-order valence-corrected chi connectivity index (χ2v) is 10.8. The maximum Gasteiger partial charge on any atom is 0.345 e. The lowest BCUT2D eigenvalue weighted by Gasteiger charge is -2.25. The molecule has 5 heterocycles. The Morgan fingerprint density at radius 3 is 2.79 bits per heavy atom. The molecule has 2 aliphatic heterocycles. The summed E-state index contributed by atoms with van der Waals surface area (Å²) in [4.78, 5) is 37.2. The number of carbonyl (C=O) groups excluding carboxylic acids is 1. The number of aryl methyl sites for hydroxylation is 1. The Morgan fingerprint density at radius 2 is 1.93 bits per heavy atom. The number of amides is 1. The standard InChI is InChI=1S/C30H28F2N8O3/c1-37-30(42)39-11-3-2-9-34-29(41)24-15-21(43-20-6-4-5-18(13-20)26(39)36-37)17-40(24)28-25-16-35-27(38(25)12-10-33-28)22-8-7-19(31)14-23(22)32/h4-8,10,12-14,16,21,24H,2-3,9,11,15,17H2,1H3,(H,34,41)/t21-,24-/m0/s1. The van der Waals surface area contributed by atoms with E-state index < -0.39 is 17.7 Å². The fourth-order valence-electron chi connectivity index (χ4n) is 5.92. The van der Waals surface area contributed by atoms with Crippen molar-refractivity contribution in [2.24, 2.45) is 7.05 Å². The average molecular weight is 587 g/mol. The average Bonchev–Trinajstić information content (AvgIpc) is 3.69. The van der Waals surface area contributed by atoms with Gasteiger partial charge in [0.15, 0.2) is 11.6 Å². The number of halogens is 2. The van der Waals surface area contributed by atoms with E-state index in [-0.39, 0.29) is 23.3 Å². The van der Waals surface area contributed by atoms with Crippen LogP contribution in [0.5, 0.6) is 5.75 Å². The second-order valence-electron chi connectivity index (χ2n) is 10.8. The predicted molar refractivity (Wildman–Crippen MR) is 154 cm³/mol. The summed E-state index contributed by atoms with van der Waals surface area (Å²) in [5, 5.41) is 7.50. The number of rotatable bonds is 2. The van der Waals surface area contributed by atoms with Crippen molar-refractivity contribution in [3.63, 3.8) is 0 Å². The molecule has 2 aliphatic rings. The molecule has 0 unspecified atom stereocenters. The Labute approximate surface area is 244 Å². The van der Waals surface area contributed by atoms with Crippen LogP contribution in [-0.4, -0.2) is 59.9 Å². The van der Waals surface area contributed by atoms with Crippen molar-refractivity contribution in [1.82, 2.24) is 34.0 Å². The van der Waals surface area contributed by atoms with E-state index >= 15 is 0 Å². The van der Waals surface area contributed by atoms with Crippen LogP contribution in [-0.2, 0) is 18.4 Å². The van der Waals surface area contributed by atoms with Crippen LogP contribution in [0.4, 0.5) is 14.6 Å². The molecule has 220 valence electrons. The van der Waals surface area contributed by atoms with Crippen LogP contribution in [0, 0.1) is 11.6 Å². The van der Waals surface area contributed by atoms with Gasteiger partial charge in [-0.25, -0.2) is 28.2 Å². The number of anilines is 1. The molecule has 0 saturated carbocycles. The monoisotopic (exact) mass is 586 g/mol. The number of nitrogens with one attached hydrogen (secondary N) is 1. The normalized spacial score (nSPS) is 19.0. The predicted octanol–water partition coefficient (Wildman–Crippen LogP) is 3.17. The summed E-state index contributed by atoms with van der Waals surface area (Å²) in [6.07, 6.45) is 6.19. The Morgan fingerprint density at radius 1 is 1.05 bits per heavy atom. The van der Waals surface area contributed by atoms with Crippen LogP contribution in [0.15, 0.2) is 65.8 Å². The molecule has 7 rings (SSSR count). The Balaban J connectivity index is 1.25. The number of ether oxygens (including phenoxy) is 1. The van der Waals surface area contributed by atoms with E-state index in [9.17, 15) is 18.4 Å². The van der Waals surface area contributed by atoms with Gasteiger partial charge in [-0.1, -0.05) is 12.1 Å². The van der Waals surface area contributed by atoms with E-state index in [0.29, 0.717) is 67.6 Å². The quantitative estimate of drug-likeness (QED) is 0.338. The molecule has 2 aromatic carbocycles. The minimum absolute atomic E-state index is 0.148. The third-order valence-corrected chi connectivity index (χ3v) is 7.96. The minimum atomic E-state index is -0.726. The number of hydrogen-bond donors (Lipinski definition) is 1. The van der Waals surface area contributed by atoms with E-state index in [1.807, 2.05) is 29.2 Å². The molecular formula is C30H28F2N8O3. The maximum atomic E-state index is 14.7. The van der Waals surface area contributed by atoms with Crippen molar-refractivity contribution in [3.05, 3.63) is 83.2 Å². The summed E-state index contributed by atoms with van der Waals surface area (Å²) in [5.41, 5.74) is 1.28. The SMILES string of the molecule is Cn1nc2n(c1=O)CCCCNC(=O)[C@@H]1C[C@@H](CN1c1nccn3c(-c4ccc(F)cc4F)ncc13)Oc1cccc-2c1. The maximum absolute atomic E-state index is 14.7. The third kappa shape index (κ3) is 4.80. The summed E-state index contributed by atoms with van der Waals surface area (Å²) < 4.78 is 39.3. The second kappa shape index (κ2) is 10.6. The largest absolute Gasteiger partial charge is 0.488 e. The van der Waals surface area contributed by atoms with Crippen molar-refractivity contribution in [2.75, 3.05) is 18.0 Å². The lowest BCUT2D eigenvalue weighted by Crippen LogP contribution is -2.44. The van der Waals surface area contributed by atoms with Crippen LogP contribution in [0.1, 0.15) is 19.3 Å². The summed E-state index contributed by atoms with van der Waals surface area (Å²) in [6.45, 7) is 1.26. The summed E-state index contributed by atoms with van der Waals surface area (Å²) in [7, 11) is 1.63. The number of fused-ring (bicyclic) bond motifs is 7. The summed E-state index contributed by atoms with van der Waals surface area (Å²) in [5.74, 6) is 0.386. The number of hydrogen-bond acceptors (Lipinski definition) is 7. The fraction of sp³-hybridized carbons (Fsp3) is 0.300. The van der Waals surface area contributed by atoms with E-state index in [4.69, 9.17) is 4.74 Å². The molecular weight excluding hydrogens is 558 g/mol. The number of aromatic nitrogens is 6. The van der Waals surface area contributed by atoms with Crippen LogP contribution >= 0.6 is 0 Å². The number of nitrogens with zero attached hydrogens (tertiary/aromatic N) is 7. The molecule has 0 spiro atoms. The van der Waals surface area contributed by atoms with Gasteiger partial charge in [0.25, 0.3) is 0 Å². The highest BCUT2D eigenvalue weighted by Crippen LogP contribution is 2.33. The zero-order valence-electron chi connectivity index (χ0n) is 23.3. The number of carbonyl (C=O) groups is 1. The zero-order chi connectivity index (χ0) is 29.7. The first-order valence-corrected chi connectivity index (χ1v) is 14.1.